The minimum atomic E-state index is 0.179. The third-order valence-corrected chi connectivity index (χ3v) is 3.50. The van der Waals surface area contributed by atoms with E-state index >= 15 is 0 Å². The SMILES string of the molecule is CCC(C)NCC(=O)Cc1nc2ccccc2n1C. The number of aryl methyl sites for hydroxylation is 1. The van der Waals surface area contributed by atoms with Gasteiger partial charge in [-0.2, -0.15) is 0 Å². The fraction of sp³-hybridized carbons (Fsp3) is 0.467. The van der Waals surface area contributed by atoms with Crippen LogP contribution in [0.1, 0.15) is 26.1 Å². The number of nitrogens with zero attached hydrogens (tertiary/aromatic N) is 2. The summed E-state index contributed by atoms with van der Waals surface area (Å²) in [6.07, 6.45) is 1.41. The Morgan fingerprint density at radius 1 is 1.42 bits per heavy atom. The Hall–Kier alpha value is -1.68. The molecule has 1 atom stereocenters. The van der Waals surface area contributed by atoms with E-state index in [9.17, 15) is 4.79 Å². The summed E-state index contributed by atoms with van der Waals surface area (Å²) in [6.45, 7) is 4.61. The first-order chi connectivity index (χ1) is 9.11. The van der Waals surface area contributed by atoms with Crippen LogP contribution < -0.4 is 5.32 Å². The first kappa shape index (κ1) is 13.7. The molecule has 2 aromatic rings. The van der Waals surface area contributed by atoms with E-state index in [4.69, 9.17) is 0 Å². The molecular formula is C15H21N3O. The zero-order valence-electron chi connectivity index (χ0n) is 11.8. The summed E-state index contributed by atoms with van der Waals surface area (Å²) in [4.78, 5) is 16.5. The zero-order valence-corrected chi connectivity index (χ0v) is 11.8. The quantitative estimate of drug-likeness (QED) is 0.864. The van der Waals surface area contributed by atoms with Crippen LogP contribution in [0.2, 0.25) is 0 Å². The van der Waals surface area contributed by atoms with E-state index in [-0.39, 0.29) is 5.78 Å². The van der Waals surface area contributed by atoms with Crippen LogP contribution in [-0.2, 0) is 18.3 Å². The topological polar surface area (TPSA) is 46.9 Å². The van der Waals surface area contributed by atoms with E-state index in [0.29, 0.717) is 19.0 Å². The second kappa shape index (κ2) is 5.97. The van der Waals surface area contributed by atoms with E-state index in [0.717, 1.165) is 23.3 Å². The van der Waals surface area contributed by atoms with Crippen molar-refractivity contribution in [3.05, 3.63) is 30.1 Å². The molecule has 0 aliphatic heterocycles. The predicted molar refractivity (Wildman–Crippen MR) is 77.2 cm³/mol. The minimum absolute atomic E-state index is 0.179. The monoisotopic (exact) mass is 259 g/mol. The fourth-order valence-electron chi connectivity index (χ4n) is 2.02. The van der Waals surface area contributed by atoms with Gasteiger partial charge in [0.1, 0.15) is 5.82 Å². The number of ketones is 1. The third kappa shape index (κ3) is 3.20. The number of para-hydroxylation sites is 2. The van der Waals surface area contributed by atoms with Crippen LogP contribution in [0.4, 0.5) is 0 Å². The van der Waals surface area contributed by atoms with Crippen LogP contribution in [0.5, 0.6) is 0 Å². The highest BCUT2D eigenvalue weighted by Crippen LogP contribution is 2.14. The first-order valence-electron chi connectivity index (χ1n) is 6.77. The second-order valence-electron chi connectivity index (χ2n) is 4.98. The molecule has 1 aromatic carbocycles. The van der Waals surface area contributed by atoms with Crippen LogP contribution in [0.25, 0.3) is 11.0 Å². The second-order valence-corrected chi connectivity index (χ2v) is 4.98. The maximum atomic E-state index is 11.9. The molecule has 1 N–H and O–H groups in total. The summed E-state index contributed by atoms with van der Waals surface area (Å²) in [5.41, 5.74) is 2.02. The van der Waals surface area contributed by atoms with E-state index in [1.54, 1.807) is 0 Å². The van der Waals surface area contributed by atoms with Gasteiger partial charge in [-0.25, -0.2) is 4.98 Å². The Morgan fingerprint density at radius 2 is 2.16 bits per heavy atom. The summed E-state index contributed by atoms with van der Waals surface area (Å²) in [6, 6.07) is 8.32. The van der Waals surface area contributed by atoms with E-state index in [2.05, 4.69) is 24.1 Å². The molecule has 0 saturated carbocycles. The molecule has 102 valence electrons. The average molecular weight is 259 g/mol. The van der Waals surface area contributed by atoms with Crippen LogP contribution in [-0.4, -0.2) is 27.9 Å². The molecule has 1 aromatic heterocycles. The molecule has 1 heterocycles. The van der Waals surface area contributed by atoms with Crippen molar-refractivity contribution in [1.29, 1.82) is 0 Å². The maximum absolute atomic E-state index is 11.9. The van der Waals surface area contributed by atoms with Gasteiger partial charge in [0.15, 0.2) is 5.78 Å². The number of rotatable bonds is 6. The summed E-state index contributed by atoms with van der Waals surface area (Å²) in [7, 11) is 1.96. The van der Waals surface area contributed by atoms with E-state index < -0.39 is 0 Å². The molecule has 0 spiro atoms. The number of imidazole rings is 1. The Labute approximate surface area is 113 Å². The Bertz CT molecular complexity index is 574. The van der Waals surface area contributed by atoms with Crippen LogP contribution >= 0.6 is 0 Å². The number of carbonyl (C=O) groups is 1. The number of hydrogen-bond acceptors (Lipinski definition) is 3. The molecule has 4 heteroatoms. The van der Waals surface area contributed by atoms with Gasteiger partial charge in [0.25, 0.3) is 0 Å². The number of nitrogens with one attached hydrogen (secondary N) is 1. The van der Waals surface area contributed by atoms with Crippen LogP contribution in [0, 0.1) is 0 Å². The Kier molecular flexibility index (Phi) is 4.32. The molecule has 19 heavy (non-hydrogen) atoms. The number of fused-ring (bicyclic) bond motifs is 1. The highest BCUT2D eigenvalue weighted by atomic mass is 16.1. The molecule has 0 amide bonds. The number of Topliss-reactive ketones (excluding diaryl/α,β-unsaturated/α-hetero) is 1. The van der Waals surface area contributed by atoms with Crippen molar-refractivity contribution in [1.82, 2.24) is 14.9 Å². The zero-order chi connectivity index (χ0) is 13.8. The summed E-state index contributed by atoms with van der Waals surface area (Å²) in [5.74, 6) is 1.01. The Balaban J connectivity index is 2.05. The molecule has 4 nitrogen and oxygen atoms in total. The van der Waals surface area contributed by atoms with Crippen molar-refractivity contribution in [2.75, 3.05) is 6.54 Å². The molecule has 0 saturated heterocycles. The van der Waals surface area contributed by atoms with Gasteiger partial charge in [-0.05, 0) is 25.5 Å². The average Bonchev–Trinajstić information content (AvgIpc) is 2.73. The van der Waals surface area contributed by atoms with Gasteiger partial charge in [0, 0.05) is 13.1 Å². The molecule has 0 bridgehead atoms. The minimum Gasteiger partial charge on any atom is -0.331 e. The van der Waals surface area contributed by atoms with Gasteiger partial charge >= 0.3 is 0 Å². The summed E-state index contributed by atoms with van der Waals surface area (Å²) in [5, 5.41) is 3.22. The van der Waals surface area contributed by atoms with E-state index in [1.807, 2.05) is 35.9 Å². The lowest BCUT2D eigenvalue weighted by molar-refractivity contribution is -0.117. The molecular weight excluding hydrogens is 238 g/mol. The van der Waals surface area contributed by atoms with Gasteiger partial charge in [0.05, 0.1) is 24.0 Å². The largest absolute Gasteiger partial charge is 0.331 e. The van der Waals surface area contributed by atoms with Crippen molar-refractivity contribution in [2.24, 2.45) is 7.05 Å². The molecule has 1 unspecified atom stereocenters. The molecule has 0 fully saturated rings. The van der Waals surface area contributed by atoms with Crippen LogP contribution in [0.15, 0.2) is 24.3 Å². The lowest BCUT2D eigenvalue weighted by Gasteiger charge is -2.10. The molecule has 0 aliphatic carbocycles. The molecule has 2 rings (SSSR count). The van der Waals surface area contributed by atoms with Crippen LogP contribution in [0.3, 0.4) is 0 Å². The standard InChI is InChI=1S/C15H21N3O/c1-4-11(2)16-10-12(19)9-15-17-13-7-5-6-8-14(13)18(15)3/h5-8,11,16H,4,9-10H2,1-3H3. The van der Waals surface area contributed by atoms with Gasteiger partial charge in [-0.15, -0.1) is 0 Å². The van der Waals surface area contributed by atoms with Gasteiger partial charge in [-0.3, -0.25) is 4.79 Å². The lowest BCUT2D eigenvalue weighted by atomic mass is 10.2. The number of benzene rings is 1. The number of hydrogen-bond donors (Lipinski definition) is 1. The number of aromatic nitrogens is 2. The maximum Gasteiger partial charge on any atom is 0.154 e. The summed E-state index contributed by atoms with van der Waals surface area (Å²) >= 11 is 0. The predicted octanol–water partition coefficient (Wildman–Crippen LogP) is 2.07. The first-order valence-corrected chi connectivity index (χ1v) is 6.77. The highest BCUT2D eigenvalue weighted by molar-refractivity contribution is 5.84. The van der Waals surface area contributed by atoms with Gasteiger partial charge in [-0.1, -0.05) is 19.1 Å². The van der Waals surface area contributed by atoms with Crippen molar-refractivity contribution in [3.63, 3.8) is 0 Å². The Morgan fingerprint density at radius 3 is 2.84 bits per heavy atom. The van der Waals surface area contributed by atoms with Gasteiger partial charge < -0.3 is 9.88 Å². The lowest BCUT2D eigenvalue weighted by Crippen LogP contribution is -2.32. The van der Waals surface area contributed by atoms with Crippen molar-refractivity contribution in [3.8, 4) is 0 Å². The third-order valence-electron chi connectivity index (χ3n) is 3.50. The fourth-order valence-corrected chi connectivity index (χ4v) is 2.02. The van der Waals surface area contributed by atoms with Gasteiger partial charge in [0.2, 0.25) is 0 Å². The smallest absolute Gasteiger partial charge is 0.154 e. The summed E-state index contributed by atoms with van der Waals surface area (Å²) < 4.78 is 2.00. The molecule has 0 radical (unpaired) electrons. The normalized spacial score (nSPS) is 12.8. The molecule has 0 aliphatic rings. The highest BCUT2D eigenvalue weighted by Gasteiger charge is 2.11. The van der Waals surface area contributed by atoms with Crippen molar-refractivity contribution in [2.45, 2.75) is 32.7 Å². The number of carbonyl (C=O) groups excluding carboxylic acids is 1. The van der Waals surface area contributed by atoms with Crippen molar-refractivity contribution < 1.29 is 4.79 Å². The van der Waals surface area contributed by atoms with Crippen molar-refractivity contribution >= 4 is 16.8 Å². The van der Waals surface area contributed by atoms with E-state index in [1.165, 1.54) is 0 Å².